The van der Waals surface area contributed by atoms with Crippen LogP contribution >= 0.6 is 0 Å². The van der Waals surface area contributed by atoms with Crippen molar-refractivity contribution in [1.82, 2.24) is 4.90 Å². The highest BCUT2D eigenvalue weighted by molar-refractivity contribution is 5.80. The van der Waals surface area contributed by atoms with Crippen LogP contribution in [0.1, 0.15) is 58.3 Å². The van der Waals surface area contributed by atoms with Crippen molar-refractivity contribution < 1.29 is 9.53 Å². The van der Waals surface area contributed by atoms with Crippen molar-refractivity contribution in [2.24, 2.45) is 11.7 Å². The number of carbonyl (C=O) groups is 1. The van der Waals surface area contributed by atoms with E-state index < -0.39 is 0 Å². The van der Waals surface area contributed by atoms with Crippen LogP contribution in [0.5, 0.6) is 0 Å². The quantitative estimate of drug-likeness (QED) is 0.813. The van der Waals surface area contributed by atoms with E-state index >= 15 is 0 Å². The summed E-state index contributed by atoms with van der Waals surface area (Å²) in [6.45, 7) is 4.34. The maximum atomic E-state index is 12.9. The highest BCUT2D eigenvalue weighted by Crippen LogP contribution is 2.29. The smallest absolute Gasteiger partial charge is 0.228 e. The molecule has 0 spiro atoms. The van der Waals surface area contributed by atoms with Gasteiger partial charge in [-0.3, -0.25) is 4.79 Å². The van der Waals surface area contributed by atoms with Gasteiger partial charge in [-0.1, -0.05) is 26.2 Å². The first-order chi connectivity index (χ1) is 9.77. The van der Waals surface area contributed by atoms with Crippen LogP contribution < -0.4 is 5.73 Å². The van der Waals surface area contributed by atoms with Gasteiger partial charge >= 0.3 is 0 Å². The van der Waals surface area contributed by atoms with Gasteiger partial charge in [0, 0.05) is 19.2 Å². The minimum absolute atomic E-state index is 0.0831. The monoisotopic (exact) mass is 282 g/mol. The number of amides is 1. The van der Waals surface area contributed by atoms with E-state index in [1.165, 1.54) is 32.1 Å². The molecule has 2 N–H and O–H groups in total. The Kier molecular flexibility index (Phi) is 6.30. The maximum absolute atomic E-state index is 12.9. The van der Waals surface area contributed by atoms with Crippen LogP contribution in [0, 0.1) is 5.92 Å². The molecule has 1 aliphatic heterocycles. The molecule has 1 amide bonds. The Morgan fingerprint density at radius 1 is 1.25 bits per heavy atom. The fourth-order valence-corrected chi connectivity index (χ4v) is 3.67. The second-order valence-corrected chi connectivity index (χ2v) is 6.18. The van der Waals surface area contributed by atoms with E-state index in [1.807, 2.05) is 0 Å². The van der Waals surface area contributed by atoms with Crippen LogP contribution in [0.4, 0.5) is 0 Å². The van der Waals surface area contributed by atoms with E-state index in [0.29, 0.717) is 18.5 Å². The van der Waals surface area contributed by atoms with Crippen molar-refractivity contribution in [1.29, 1.82) is 0 Å². The molecule has 0 bridgehead atoms. The highest BCUT2D eigenvalue weighted by atomic mass is 16.5. The summed E-state index contributed by atoms with van der Waals surface area (Å²) in [4.78, 5) is 15.1. The third-order valence-electron chi connectivity index (χ3n) is 4.83. The third kappa shape index (κ3) is 3.73. The number of carbonyl (C=O) groups excluding carboxylic acids is 1. The minimum Gasteiger partial charge on any atom is -0.377 e. The summed E-state index contributed by atoms with van der Waals surface area (Å²) in [5.41, 5.74) is 5.65. The zero-order valence-electron chi connectivity index (χ0n) is 12.9. The molecule has 116 valence electrons. The second-order valence-electron chi connectivity index (χ2n) is 6.18. The highest BCUT2D eigenvalue weighted by Gasteiger charge is 2.37. The van der Waals surface area contributed by atoms with Crippen molar-refractivity contribution >= 4 is 5.91 Å². The van der Waals surface area contributed by atoms with Crippen LogP contribution in [0.2, 0.25) is 0 Å². The van der Waals surface area contributed by atoms with Crippen molar-refractivity contribution in [2.75, 3.05) is 19.7 Å². The fourth-order valence-electron chi connectivity index (χ4n) is 3.67. The first-order valence-electron chi connectivity index (χ1n) is 8.40. The van der Waals surface area contributed by atoms with Gasteiger partial charge in [0.25, 0.3) is 0 Å². The molecule has 0 aromatic heterocycles. The Morgan fingerprint density at radius 3 is 2.65 bits per heavy atom. The predicted molar refractivity (Wildman–Crippen MR) is 80.4 cm³/mol. The van der Waals surface area contributed by atoms with Crippen molar-refractivity contribution in [2.45, 2.75) is 70.4 Å². The first kappa shape index (κ1) is 15.8. The summed E-state index contributed by atoms with van der Waals surface area (Å²) in [5.74, 6) is 0.411. The molecule has 2 aliphatic rings. The molecular weight excluding hydrogens is 252 g/mol. The first-order valence-corrected chi connectivity index (χ1v) is 8.40. The predicted octanol–water partition coefficient (Wildman–Crippen LogP) is 2.31. The average Bonchev–Trinajstić information content (AvgIpc) is 2.97. The summed E-state index contributed by atoms with van der Waals surface area (Å²) >= 11 is 0. The van der Waals surface area contributed by atoms with E-state index in [1.54, 1.807) is 0 Å². The molecule has 1 saturated heterocycles. The molecule has 4 heteroatoms. The molecule has 20 heavy (non-hydrogen) atoms. The lowest BCUT2D eigenvalue weighted by molar-refractivity contribution is -0.140. The number of hydrogen-bond acceptors (Lipinski definition) is 3. The fraction of sp³-hybridized carbons (Fsp3) is 0.938. The third-order valence-corrected chi connectivity index (χ3v) is 4.83. The Bertz CT molecular complexity index is 303. The molecule has 1 aliphatic carbocycles. The molecule has 2 rings (SSSR count). The zero-order valence-corrected chi connectivity index (χ0v) is 12.9. The number of ether oxygens (including phenoxy) is 1. The van der Waals surface area contributed by atoms with Gasteiger partial charge in [0.1, 0.15) is 0 Å². The van der Waals surface area contributed by atoms with Gasteiger partial charge in [0.2, 0.25) is 5.91 Å². The molecule has 0 aromatic carbocycles. The SMILES string of the molecule is CCC1OCCC1C(=O)N(CCCN)C1CCCCC1. The summed E-state index contributed by atoms with van der Waals surface area (Å²) < 4.78 is 5.71. The van der Waals surface area contributed by atoms with Crippen molar-refractivity contribution in [3.8, 4) is 0 Å². The van der Waals surface area contributed by atoms with Gasteiger partial charge in [0.05, 0.1) is 12.0 Å². The minimum atomic E-state index is 0.0831. The van der Waals surface area contributed by atoms with Gasteiger partial charge in [-0.05, 0) is 38.6 Å². The van der Waals surface area contributed by atoms with E-state index in [9.17, 15) is 4.79 Å². The molecule has 1 saturated carbocycles. The summed E-state index contributed by atoms with van der Waals surface area (Å²) in [6, 6.07) is 0.445. The number of nitrogens with two attached hydrogens (primary N) is 1. The lowest BCUT2D eigenvalue weighted by Gasteiger charge is -2.36. The van der Waals surface area contributed by atoms with Gasteiger partial charge in [-0.2, -0.15) is 0 Å². The van der Waals surface area contributed by atoms with Crippen LogP contribution in [0.25, 0.3) is 0 Å². The summed E-state index contributed by atoms with van der Waals surface area (Å²) in [5, 5.41) is 0. The molecule has 0 radical (unpaired) electrons. The van der Waals surface area contributed by atoms with Gasteiger partial charge < -0.3 is 15.4 Å². The van der Waals surface area contributed by atoms with Gasteiger partial charge in [-0.25, -0.2) is 0 Å². The van der Waals surface area contributed by atoms with Gasteiger partial charge in [-0.15, -0.1) is 0 Å². The molecule has 4 nitrogen and oxygen atoms in total. The largest absolute Gasteiger partial charge is 0.377 e. The number of rotatable bonds is 6. The molecule has 2 unspecified atom stereocenters. The summed E-state index contributed by atoms with van der Waals surface area (Å²) in [7, 11) is 0. The standard InChI is InChI=1S/C16H30N2O2/c1-2-15-14(9-12-20-15)16(19)18(11-6-10-17)13-7-4-3-5-8-13/h13-15H,2-12,17H2,1H3. The maximum Gasteiger partial charge on any atom is 0.228 e. The van der Waals surface area contributed by atoms with E-state index in [4.69, 9.17) is 10.5 Å². The van der Waals surface area contributed by atoms with E-state index in [2.05, 4.69) is 11.8 Å². The molecule has 0 aromatic rings. The Labute approximate surface area is 123 Å². The van der Waals surface area contributed by atoms with Crippen LogP contribution in [0.3, 0.4) is 0 Å². The molecule has 1 heterocycles. The normalized spacial score (nSPS) is 27.7. The topological polar surface area (TPSA) is 55.6 Å². The lowest BCUT2D eigenvalue weighted by atomic mass is 9.91. The Hall–Kier alpha value is -0.610. The van der Waals surface area contributed by atoms with Gasteiger partial charge in [0.15, 0.2) is 0 Å². The van der Waals surface area contributed by atoms with E-state index in [0.717, 1.165) is 32.4 Å². The zero-order chi connectivity index (χ0) is 14.4. The Balaban J connectivity index is 2.02. The molecule has 2 atom stereocenters. The van der Waals surface area contributed by atoms with E-state index in [-0.39, 0.29) is 12.0 Å². The second kappa shape index (κ2) is 7.99. The van der Waals surface area contributed by atoms with Crippen LogP contribution in [-0.2, 0) is 9.53 Å². The average molecular weight is 282 g/mol. The van der Waals surface area contributed by atoms with Crippen LogP contribution in [0.15, 0.2) is 0 Å². The number of hydrogen-bond donors (Lipinski definition) is 1. The van der Waals surface area contributed by atoms with Crippen molar-refractivity contribution in [3.63, 3.8) is 0 Å². The summed E-state index contributed by atoms with van der Waals surface area (Å²) in [6.07, 6.45) is 9.04. The molecular formula is C16H30N2O2. The Morgan fingerprint density at radius 2 is 2.00 bits per heavy atom. The lowest BCUT2D eigenvalue weighted by Crippen LogP contribution is -2.47. The number of nitrogens with zero attached hydrogens (tertiary/aromatic N) is 1. The molecule has 2 fully saturated rings. The van der Waals surface area contributed by atoms with Crippen LogP contribution in [-0.4, -0.2) is 42.6 Å². The van der Waals surface area contributed by atoms with Crippen molar-refractivity contribution in [3.05, 3.63) is 0 Å².